The van der Waals surface area contributed by atoms with E-state index in [1.807, 2.05) is 62.5 Å². The first-order valence-electron chi connectivity index (χ1n) is 13.2. The van der Waals surface area contributed by atoms with Crippen LogP contribution in [0.4, 0.5) is 11.4 Å². The SMILES string of the molecule is CCOC(=O)C1(c2ccc(-c3ccccc3)c(-c3onc(C)c3Nc3cncc(-c4ccccc4)c3)c2)CC1. The number of hydrogen-bond donors (Lipinski definition) is 1. The van der Waals surface area contributed by atoms with Gasteiger partial charge in [-0.3, -0.25) is 9.78 Å². The van der Waals surface area contributed by atoms with Crippen LogP contribution >= 0.6 is 0 Å². The third kappa shape index (κ3) is 4.70. The number of nitrogens with zero attached hydrogens (tertiary/aromatic N) is 2. The number of benzene rings is 3. The van der Waals surface area contributed by atoms with E-state index in [2.05, 4.69) is 57.9 Å². The summed E-state index contributed by atoms with van der Waals surface area (Å²) in [6, 6.07) is 28.5. The number of pyridine rings is 1. The summed E-state index contributed by atoms with van der Waals surface area (Å²) in [7, 11) is 0. The lowest BCUT2D eigenvalue weighted by molar-refractivity contribution is -0.146. The molecule has 194 valence electrons. The molecule has 0 spiro atoms. The Kier molecular flexibility index (Phi) is 6.45. The topological polar surface area (TPSA) is 77.2 Å². The first-order chi connectivity index (χ1) is 19.1. The first kappa shape index (κ1) is 24.6. The van der Waals surface area contributed by atoms with Crippen LogP contribution in [0.5, 0.6) is 0 Å². The third-order valence-electron chi connectivity index (χ3n) is 7.30. The van der Waals surface area contributed by atoms with Crippen molar-refractivity contribution in [2.24, 2.45) is 0 Å². The van der Waals surface area contributed by atoms with Gasteiger partial charge in [0.15, 0.2) is 5.76 Å². The van der Waals surface area contributed by atoms with Crippen LogP contribution in [0, 0.1) is 6.92 Å². The molecule has 0 unspecified atom stereocenters. The van der Waals surface area contributed by atoms with Gasteiger partial charge in [0.05, 0.1) is 23.9 Å². The van der Waals surface area contributed by atoms with Gasteiger partial charge in [-0.1, -0.05) is 78.0 Å². The predicted octanol–water partition coefficient (Wildman–Crippen LogP) is 7.72. The van der Waals surface area contributed by atoms with Crippen molar-refractivity contribution in [3.63, 3.8) is 0 Å². The van der Waals surface area contributed by atoms with Gasteiger partial charge in [-0.15, -0.1) is 0 Å². The molecule has 1 aliphatic rings. The average Bonchev–Trinajstić information content (AvgIpc) is 3.73. The molecule has 5 aromatic rings. The zero-order chi connectivity index (χ0) is 26.8. The molecule has 2 heterocycles. The van der Waals surface area contributed by atoms with Crippen molar-refractivity contribution < 1.29 is 14.1 Å². The van der Waals surface area contributed by atoms with Crippen LogP contribution in [0.1, 0.15) is 31.0 Å². The minimum Gasteiger partial charge on any atom is -0.465 e. The smallest absolute Gasteiger partial charge is 0.316 e. The summed E-state index contributed by atoms with van der Waals surface area (Å²) in [6.45, 7) is 4.12. The van der Waals surface area contributed by atoms with Crippen LogP contribution in [0.3, 0.4) is 0 Å². The molecule has 0 aliphatic heterocycles. The van der Waals surface area contributed by atoms with Gasteiger partial charge < -0.3 is 14.6 Å². The van der Waals surface area contributed by atoms with Crippen molar-refractivity contribution in [1.29, 1.82) is 0 Å². The molecule has 6 heteroatoms. The number of anilines is 2. The van der Waals surface area contributed by atoms with Gasteiger partial charge in [0.1, 0.15) is 11.4 Å². The molecule has 6 nitrogen and oxygen atoms in total. The van der Waals surface area contributed by atoms with E-state index < -0.39 is 5.41 Å². The van der Waals surface area contributed by atoms with E-state index in [0.717, 1.165) is 63.3 Å². The summed E-state index contributed by atoms with van der Waals surface area (Å²) in [4.78, 5) is 17.4. The van der Waals surface area contributed by atoms with Crippen molar-refractivity contribution >= 4 is 17.3 Å². The Bertz CT molecular complexity index is 1620. The van der Waals surface area contributed by atoms with Crippen LogP contribution < -0.4 is 5.32 Å². The first-order valence-corrected chi connectivity index (χ1v) is 13.2. The van der Waals surface area contributed by atoms with E-state index in [4.69, 9.17) is 9.26 Å². The molecular formula is C33H29N3O3. The van der Waals surface area contributed by atoms with E-state index in [1.165, 1.54) is 0 Å². The zero-order valence-corrected chi connectivity index (χ0v) is 22.0. The summed E-state index contributed by atoms with van der Waals surface area (Å²) in [5, 5.41) is 7.84. The van der Waals surface area contributed by atoms with Crippen LogP contribution in [0.2, 0.25) is 0 Å². The van der Waals surface area contributed by atoms with Crippen LogP contribution in [0.25, 0.3) is 33.6 Å². The number of carbonyl (C=O) groups is 1. The number of esters is 1. The van der Waals surface area contributed by atoms with Crippen LogP contribution in [-0.4, -0.2) is 22.7 Å². The Balaban J connectivity index is 1.44. The van der Waals surface area contributed by atoms with E-state index in [9.17, 15) is 4.79 Å². The molecule has 0 saturated heterocycles. The Labute approximate surface area is 227 Å². The second kappa shape index (κ2) is 10.2. The highest BCUT2D eigenvalue weighted by molar-refractivity contribution is 5.92. The largest absolute Gasteiger partial charge is 0.465 e. The third-order valence-corrected chi connectivity index (χ3v) is 7.30. The van der Waals surface area contributed by atoms with E-state index in [0.29, 0.717) is 12.4 Å². The lowest BCUT2D eigenvalue weighted by atomic mass is 9.89. The van der Waals surface area contributed by atoms with Crippen molar-refractivity contribution in [2.45, 2.75) is 32.1 Å². The molecule has 2 aromatic heterocycles. The molecule has 0 radical (unpaired) electrons. The lowest BCUT2D eigenvalue weighted by Gasteiger charge is -2.18. The van der Waals surface area contributed by atoms with Crippen molar-refractivity contribution in [2.75, 3.05) is 11.9 Å². The van der Waals surface area contributed by atoms with E-state index in [1.54, 1.807) is 6.20 Å². The summed E-state index contributed by atoms with van der Waals surface area (Å²) < 4.78 is 11.4. The number of carbonyl (C=O) groups excluding carboxylic acids is 1. The Morgan fingerprint density at radius 1 is 0.897 bits per heavy atom. The fourth-order valence-electron chi connectivity index (χ4n) is 5.05. The van der Waals surface area contributed by atoms with Gasteiger partial charge in [-0.05, 0) is 61.1 Å². The van der Waals surface area contributed by atoms with Crippen molar-refractivity contribution in [1.82, 2.24) is 10.1 Å². The fraction of sp³-hybridized carbons (Fsp3) is 0.182. The number of aryl methyl sites for hydroxylation is 1. The standard InChI is InChI=1S/C33H29N3O3/c1-3-38-32(37)33(16-17-33)26-14-15-28(24-12-8-5-9-13-24)29(19-26)31-30(22(2)36-39-31)35-27-18-25(20-34-21-27)23-10-6-4-7-11-23/h4-15,18-21,35H,3,16-17H2,1-2H3. The monoisotopic (exact) mass is 515 g/mol. The Morgan fingerprint density at radius 3 is 2.31 bits per heavy atom. The van der Waals surface area contributed by atoms with Gasteiger partial charge in [-0.25, -0.2) is 0 Å². The molecule has 1 N–H and O–H groups in total. The quantitative estimate of drug-likeness (QED) is 0.213. The average molecular weight is 516 g/mol. The number of nitrogens with one attached hydrogen (secondary N) is 1. The lowest BCUT2D eigenvalue weighted by Crippen LogP contribution is -2.23. The summed E-state index contributed by atoms with van der Waals surface area (Å²) >= 11 is 0. The highest BCUT2D eigenvalue weighted by atomic mass is 16.5. The molecule has 1 aliphatic carbocycles. The zero-order valence-electron chi connectivity index (χ0n) is 22.0. The van der Waals surface area contributed by atoms with E-state index in [-0.39, 0.29) is 5.97 Å². The molecule has 1 fully saturated rings. The molecule has 0 bridgehead atoms. The maximum atomic E-state index is 12.9. The molecule has 0 amide bonds. The molecule has 0 atom stereocenters. The fourth-order valence-corrected chi connectivity index (χ4v) is 5.05. The van der Waals surface area contributed by atoms with Gasteiger partial charge in [0.2, 0.25) is 0 Å². The Morgan fingerprint density at radius 2 is 1.62 bits per heavy atom. The minimum atomic E-state index is -0.601. The molecule has 3 aromatic carbocycles. The number of aromatic nitrogens is 2. The van der Waals surface area contributed by atoms with Crippen LogP contribution in [-0.2, 0) is 14.9 Å². The predicted molar refractivity (Wildman–Crippen MR) is 153 cm³/mol. The minimum absolute atomic E-state index is 0.167. The van der Waals surface area contributed by atoms with Gasteiger partial charge in [0.25, 0.3) is 0 Å². The van der Waals surface area contributed by atoms with Crippen LogP contribution in [0.15, 0.2) is 102 Å². The number of ether oxygens (including phenoxy) is 1. The highest BCUT2D eigenvalue weighted by Gasteiger charge is 2.53. The summed E-state index contributed by atoms with van der Waals surface area (Å²) in [5.74, 6) is 0.442. The maximum Gasteiger partial charge on any atom is 0.316 e. The second-order valence-corrected chi connectivity index (χ2v) is 9.85. The molecule has 1 saturated carbocycles. The normalized spacial score (nSPS) is 13.6. The van der Waals surface area contributed by atoms with Gasteiger partial charge in [-0.2, -0.15) is 0 Å². The van der Waals surface area contributed by atoms with Crippen molar-refractivity contribution in [3.05, 3.63) is 109 Å². The molecule has 6 rings (SSSR count). The second-order valence-electron chi connectivity index (χ2n) is 9.85. The van der Waals surface area contributed by atoms with Gasteiger partial charge in [0, 0.05) is 17.3 Å². The molecule has 39 heavy (non-hydrogen) atoms. The molecular weight excluding hydrogens is 486 g/mol. The number of hydrogen-bond acceptors (Lipinski definition) is 6. The summed E-state index contributed by atoms with van der Waals surface area (Å²) in [6.07, 6.45) is 5.18. The Hall–Kier alpha value is -4.71. The highest BCUT2D eigenvalue weighted by Crippen LogP contribution is 2.51. The van der Waals surface area contributed by atoms with E-state index >= 15 is 0 Å². The van der Waals surface area contributed by atoms with Crippen molar-refractivity contribution in [3.8, 4) is 33.6 Å². The number of rotatable bonds is 8. The summed E-state index contributed by atoms with van der Waals surface area (Å²) in [5.41, 5.74) is 7.65. The van der Waals surface area contributed by atoms with Gasteiger partial charge >= 0.3 is 5.97 Å². The maximum absolute atomic E-state index is 12.9.